The van der Waals surface area contributed by atoms with Crippen molar-refractivity contribution < 1.29 is 0 Å². The first-order chi connectivity index (χ1) is 17.7. The summed E-state index contributed by atoms with van der Waals surface area (Å²) in [5.74, 6) is 0. The second-order valence-corrected chi connectivity index (χ2v) is 9.91. The van der Waals surface area contributed by atoms with E-state index in [1.165, 1.54) is 20.2 Å². The summed E-state index contributed by atoms with van der Waals surface area (Å²) in [6.07, 6.45) is 0. The summed E-state index contributed by atoms with van der Waals surface area (Å²) in [6.45, 7) is 15.3. The van der Waals surface area contributed by atoms with E-state index in [0.29, 0.717) is 11.4 Å². The lowest BCUT2D eigenvalue weighted by Crippen LogP contribution is -1.94. The fraction of sp³-hybridized carbons (Fsp3) is 0. The molecule has 0 saturated carbocycles. The second kappa shape index (κ2) is 7.82. The minimum atomic E-state index is 0.599. The maximum atomic E-state index is 7.80. The highest BCUT2D eigenvalue weighted by molar-refractivity contribution is 7.25. The van der Waals surface area contributed by atoms with E-state index < -0.39 is 0 Å². The molecule has 0 bridgehead atoms. The van der Waals surface area contributed by atoms with Crippen molar-refractivity contribution in [3.05, 3.63) is 126 Å². The number of fused-ring (bicyclic) bond motifs is 6. The van der Waals surface area contributed by atoms with Gasteiger partial charge in [0.15, 0.2) is 11.4 Å². The van der Waals surface area contributed by atoms with E-state index >= 15 is 0 Å². The maximum Gasteiger partial charge on any atom is 0.189 e. The molecule has 166 valence electrons. The van der Waals surface area contributed by atoms with Gasteiger partial charge in [-0.25, -0.2) is 9.69 Å². The Kier molecular flexibility index (Phi) is 4.45. The van der Waals surface area contributed by atoms with Crippen molar-refractivity contribution in [1.29, 1.82) is 0 Å². The SMILES string of the molecule is [C-]#[N+]c1cc(-c2ccc3sc4ccccc4c3c2)cc(-n2c3ccccc3c3cc([N+]#[C-])ccc32)c1. The van der Waals surface area contributed by atoms with E-state index in [1.54, 1.807) is 11.3 Å². The van der Waals surface area contributed by atoms with Gasteiger partial charge in [-0.1, -0.05) is 48.5 Å². The van der Waals surface area contributed by atoms with E-state index in [9.17, 15) is 0 Å². The molecule has 3 nitrogen and oxygen atoms in total. The van der Waals surface area contributed by atoms with Gasteiger partial charge in [-0.3, -0.25) is 0 Å². The first kappa shape index (κ1) is 20.5. The van der Waals surface area contributed by atoms with Gasteiger partial charge in [-0.15, -0.1) is 11.3 Å². The molecule has 0 aliphatic heterocycles. The third kappa shape index (κ3) is 3.03. The highest BCUT2D eigenvalue weighted by Gasteiger charge is 2.15. The molecule has 0 radical (unpaired) electrons. The van der Waals surface area contributed by atoms with Gasteiger partial charge in [0, 0.05) is 31.2 Å². The summed E-state index contributed by atoms with van der Waals surface area (Å²) in [7, 11) is 0. The van der Waals surface area contributed by atoms with Gasteiger partial charge >= 0.3 is 0 Å². The van der Waals surface area contributed by atoms with Gasteiger partial charge in [0.1, 0.15) is 0 Å². The Morgan fingerprint density at radius 1 is 0.528 bits per heavy atom. The first-order valence-corrected chi connectivity index (χ1v) is 12.4. The molecular formula is C32H17N3S. The molecule has 0 aliphatic carbocycles. The number of thiophene rings is 1. The highest BCUT2D eigenvalue weighted by Crippen LogP contribution is 2.39. The van der Waals surface area contributed by atoms with Crippen LogP contribution in [0, 0.1) is 13.1 Å². The van der Waals surface area contributed by atoms with Gasteiger partial charge in [0.25, 0.3) is 0 Å². The fourth-order valence-electron chi connectivity index (χ4n) is 5.17. The first-order valence-electron chi connectivity index (χ1n) is 11.6. The van der Waals surface area contributed by atoms with Crippen molar-refractivity contribution in [3.8, 4) is 16.8 Å². The molecule has 2 aromatic heterocycles. The number of para-hydroxylation sites is 1. The zero-order valence-corrected chi connectivity index (χ0v) is 19.9. The predicted octanol–water partition coefficient (Wildman–Crippen LogP) is 9.92. The normalized spacial score (nSPS) is 11.3. The van der Waals surface area contributed by atoms with Gasteiger partial charge in [0.05, 0.1) is 24.2 Å². The van der Waals surface area contributed by atoms with Crippen molar-refractivity contribution in [3.63, 3.8) is 0 Å². The monoisotopic (exact) mass is 475 g/mol. The molecule has 4 heteroatoms. The molecule has 0 saturated heterocycles. The van der Waals surface area contributed by atoms with E-state index in [1.807, 2.05) is 42.5 Å². The fourth-order valence-corrected chi connectivity index (χ4v) is 6.26. The van der Waals surface area contributed by atoms with Gasteiger partial charge in [-0.2, -0.15) is 0 Å². The Morgan fingerprint density at radius 3 is 2.14 bits per heavy atom. The van der Waals surface area contributed by atoms with E-state index in [0.717, 1.165) is 38.6 Å². The van der Waals surface area contributed by atoms with Crippen LogP contribution in [0.15, 0.2) is 103 Å². The molecule has 5 aromatic carbocycles. The summed E-state index contributed by atoms with van der Waals surface area (Å²) in [5.41, 5.74) is 6.35. The Morgan fingerprint density at radius 2 is 1.28 bits per heavy atom. The summed E-state index contributed by atoms with van der Waals surface area (Å²) in [4.78, 5) is 7.45. The van der Waals surface area contributed by atoms with Gasteiger partial charge < -0.3 is 4.57 Å². The van der Waals surface area contributed by atoms with Crippen LogP contribution in [-0.2, 0) is 0 Å². The van der Waals surface area contributed by atoms with Crippen molar-refractivity contribution in [2.24, 2.45) is 0 Å². The average Bonchev–Trinajstić information content (AvgIpc) is 3.47. The minimum absolute atomic E-state index is 0.599. The number of aromatic nitrogens is 1. The quantitative estimate of drug-likeness (QED) is 0.221. The second-order valence-electron chi connectivity index (χ2n) is 8.82. The van der Waals surface area contributed by atoms with Crippen molar-refractivity contribution in [2.45, 2.75) is 0 Å². The van der Waals surface area contributed by atoms with Crippen molar-refractivity contribution in [2.75, 3.05) is 0 Å². The van der Waals surface area contributed by atoms with E-state index in [2.05, 4.69) is 74.9 Å². The topological polar surface area (TPSA) is 13.6 Å². The number of hydrogen-bond donors (Lipinski definition) is 0. The summed E-state index contributed by atoms with van der Waals surface area (Å²) < 4.78 is 4.75. The number of hydrogen-bond acceptors (Lipinski definition) is 1. The Balaban J connectivity index is 1.50. The zero-order valence-electron chi connectivity index (χ0n) is 19.1. The molecule has 0 atom stereocenters. The molecule has 0 amide bonds. The van der Waals surface area contributed by atoms with Crippen LogP contribution in [0.4, 0.5) is 11.4 Å². The number of nitrogens with zero attached hydrogens (tertiary/aromatic N) is 3. The Labute approximate surface area is 211 Å². The van der Waals surface area contributed by atoms with E-state index in [-0.39, 0.29) is 0 Å². The van der Waals surface area contributed by atoms with Crippen molar-refractivity contribution >= 4 is 64.7 Å². The largest absolute Gasteiger partial charge is 0.311 e. The molecule has 0 N–H and O–H groups in total. The highest BCUT2D eigenvalue weighted by atomic mass is 32.1. The predicted molar refractivity (Wildman–Crippen MR) is 152 cm³/mol. The molecule has 7 aromatic rings. The molecule has 0 unspecified atom stereocenters. The number of rotatable bonds is 2. The van der Waals surface area contributed by atoms with Gasteiger partial charge in [-0.05, 0) is 71.1 Å². The maximum absolute atomic E-state index is 7.80. The summed E-state index contributed by atoms with van der Waals surface area (Å²) in [6, 6.07) is 35.2. The van der Waals surface area contributed by atoms with Crippen LogP contribution in [0.25, 0.3) is 68.5 Å². The lowest BCUT2D eigenvalue weighted by atomic mass is 10.0. The minimum Gasteiger partial charge on any atom is -0.311 e. The van der Waals surface area contributed by atoms with E-state index in [4.69, 9.17) is 13.1 Å². The molecule has 0 aliphatic rings. The lowest BCUT2D eigenvalue weighted by Gasteiger charge is -2.12. The molecule has 36 heavy (non-hydrogen) atoms. The molecule has 7 rings (SSSR count). The van der Waals surface area contributed by atoms with Crippen LogP contribution in [-0.4, -0.2) is 4.57 Å². The molecule has 0 spiro atoms. The van der Waals surface area contributed by atoms with Crippen LogP contribution in [0.1, 0.15) is 0 Å². The van der Waals surface area contributed by atoms with Crippen LogP contribution < -0.4 is 0 Å². The molecular weight excluding hydrogens is 458 g/mol. The van der Waals surface area contributed by atoms with Gasteiger partial charge in [0.2, 0.25) is 0 Å². The third-order valence-electron chi connectivity index (χ3n) is 6.79. The lowest BCUT2D eigenvalue weighted by molar-refractivity contribution is 1.18. The Hall–Kier alpha value is -4.90. The standard InChI is InChI=1S/C32H17N3S/c1-33-22-12-13-30-27(19-22)25-7-3-5-9-29(25)35(30)24-16-21(15-23(18-24)34-2)20-11-14-32-28(17-20)26-8-4-6-10-31(26)36-32/h3-19H. The number of benzene rings is 5. The smallest absolute Gasteiger partial charge is 0.189 e. The molecule has 2 heterocycles. The van der Waals surface area contributed by atoms with Crippen LogP contribution in [0.3, 0.4) is 0 Å². The van der Waals surface area contributed by atoms with Crippen LogP contribution in [0.2, 0.25) is 0 Å². The third-order valence-corrected chi connectivity index (χ3v) is 7.94. The van der Waals surface area contributed by atoms with Crippen LogP contribution >= 0.6 is 11.3 Å². The zero-order chi connectivity index (χ0) is 24.2. The summed E-state index contributed by atoms with van der Waals surface area (Å²) >= 11 is 1.81. The van der Waals surface area contributed by atoms with Crippen molar-refractivity contribution in [1.82, 2.24) is 4.57 Å². The molecule has 0 fully saturated rings. The average molecular weight is 476 g/mol. The Bertz CT molecular complexity index is 2080. The summed E-state index contributed by atoms with van der Waals surface area (Å²) in [5, 5.41) is 4.64. The van der Waals surface area contributed by atoms with Crippen LogP contribution in [0.5, 0.6) is 0 Å².